The normalized spacial score (nSPS) is 12.4. The van der Waals surface area contributed by atoms with Crippen LogP contribution in [0.1, 0.15) is 30.1 Å². The molecule has 1 aromatic heterocycles. The molecule has 0 saturated heterocycles. The molecular formula is C19H20N2. The van der Waals surface area contributed by atoms with Crippen LogP contribution >= 0.6 is 0 Å². The topological polar surface area (TPSA) is 38.9 Å². The zero-order chi connectivity index (χ0) is 14.5. The van der Waals surface area contributed by atoms with Crippen molar-refractivity contribution in [2.24, 2.45) is 5.73 Å². The number of rotatable bonds is 5. The van der Waals surface area contributed by atoms with Crippen LogP contribution in [0.4, 0.5) is 0 Å². The molecule has 2 aromatic carbocycles. The molecule has 1 unspecified atom stereocenters. The summed E-state index contributed by atoms with van der Waals surface area (Å²) in [7, 11) is 0. The van der Waals surface area contributed by atoms with Crippen molar-refractivity contribution in [3.05, 3.63) is 78.0 Å². The van der Waals surface area contributed by atoms with Crippen LogP contribution in [0, 0.1) is 0 Å². The van der Waals surface area contributed by atoms with E-state index in [4.69, 9.17) is 5.73 Å². The Bertz CT molecular complexity index is 707. The predicted octanol–water partition coefficient (Wildman–Crippen LogP) is 4.26. The minimum atomic E-state index is 0.0123. The molecule has 0 aliphatic carbocycles. The van der Waals surface area contributed by atoms with Gasteiger partial charge in [-0.05, 0) is 37.0 Å². The number of nitrogens with zero attached hydrogens (tertiary/aromatic N) is 1. The molecule has 0 saturated carbocycles. The monoisotopic (exact) mass is 276 g/mol. The van der Waals surface area contributed by atoms with Gasteiger partial charge in [0.2, 0.25) is 0 Å². The quantitative estimate of drug-likeness (QED) is 0.756. The van der Waals surface area contributed by atoms with Crippen molar-refractivity contribution in [1.29, 1.82) is 0 Å². The van der Waals surface area contributed by atoms with E-state index in [1.165, 1.54) is 5.56 Å². The maximum Gasteiger partial charge on any atom is 0.0706 e. The molecule has 0 amide bonds. The average molecular weight is 276 g/mol. The molecule has 2 heteroatoms. The molecular weight excluding hydrogens is 256 g/mol. The molecule has 3 aromatic rings. The van der Waals surface area contributed by atoms with Crippen molar-refractivity contribution in [3.63, 3.8) is 0 Å². The fourth-order valence-electron chi connectivity index (χ4n) is 2.61. The Balaban J connectivity index is 1.62. The maximum atomic E-state index is 6.29. The summed E-state index contributed by atoms with van der Waals surface area (Å²) in [5.41, 5.74) is 9.67. The second kappa shape index (κ2) is 6.51. The molecule has 3 rings (SSSR count). The molecule has 2 nitrogen and oxygen atoms in total. The maximum absolute atomic E-state index is 6.29. The van der Waals surface area contributed by atoms with Gasteiger partial charge in [-0.3, -0.25) is 4.98 Å². The van der Waals surface area contributed by atoms with Crippen LogP contribution in [-0.4, -0.2) is 4.98 Å². The van der Waals surface area contributed by atoms with Crippen molar-refractivity contribution >= 4 is 10.9 Å². The molecule has 0 aliphatic heterocycles. The van der Waals surface area contributed by atoms with Crippen LogP contribution in [-0.2, 0) is 6.42 Å². The fraction of sp³-hybridized carbons (Fsp3) is 0.211. The van der Waals surface area contributed by atoms with Crippen LogP contribution in [0.15, 0.2) is 66.7 Å². The number of hydrogen-bond donors (Lipinski definition) is 1. The van der Waals surface area contributed by atoms with E-state index >= 15 is 0 Å². The summed E-state index contributed by atoms with van der Waals surface area (Å²) >= 11 is 0. The van der Waals surface area contributed by atoms with E-state index in [0.29, 0.717) is 0 Å². The van der Waals surface area contributed by atoms with E-state index in [9.17, 15) is 0 Å². The smallest absolute Gasteiger partial charge is 0.0706 e. The Morgan fingerprint density at radius 3 is 2.48 bits per heavy atom. The number of nitrogens with two attached hydrogens (primary N) is 1. The molecule has 21 heavy (non-hydrogen) atoms. The van der Waals surface area contributed by atoms with Gasteiger partial charge >= 0.3 is 0 Å². The standard InChI is InChI=1S/C19H20N2/c20-17(11-6-9-15-7-2-1-3-8-15)19-14-13-16-10-4-5-12-18(16)21-19/h1-5,7-8,10,12-14,17H,6,9,11,20H2. The third-order valence-electron chi connectivity index (χ3n) is 3.82. The lowest BCUT2D eigenvalue weighted by Crippen LogP contribution is -2.12. The summed E-state index contributed by atoms with van der Waals surface area (Å²) < 4.78 is 0. The molecule has 1 heterocycles. The zero-order valence-electron chi connectivity index (χ0n) is 12.1. The Kier molecular flexibility index (Phi) is 4.27. The number of aromatic nitrogens is 1. The molecule has 0 bridgehead atoms. The summed E-state index contributed by atoms with van der Waals surface area (Å²) in [4.78, 5) is 4.68. The van der Waals surface area contributed by atoms with E-state index in [1.807, 2.05) is 24.3 Å². The molecule has 0 spiro atoms. The van der Waals surface area contributed by atoms with Crippen molar-refractivity contribution < 1.29 is 0 Å². The molecule has 0 aliphatic rings. The largest absolute Gasteiger partial charge is 0.323 e. The predicted molar refractivity (Wildman–Crippen MR) is 88.1 cm³/mol. The number of hydrogen-bond acceptors (Lipinski definition) is 2. The van der Waals surface area contributed by atoms with E-state index in [2.05, 4.69) is 47.4 Å². The van der Waals surface area contributed by atoms with Gasteiger partial charge in [-0.2, -0.15) is 0 Å². The Morgan fingerprint density at radius 2 is 1.62 bits per heavy atom. The number of fused-ring (bicyclic) bond motifs is 1. The van der Waals surface area contributed by atoms with Crippen LogP contribution < -0.4 is 5.73 Å². The highest BCUT2D eigenvalue weighted by Gasteiger charge is 2.08. The van der Waals surface area contributed by atoms with Crippen LogP contribution in [0.5, 0.6) is 0 Å². The van der Waals surface area contributed by atoms with E-state index in [1.54, 1.807) is 0 Å². The van der Waals surface area contributed by atoms with Crippen LogP contribution in [0.25, 0.3) is 10.9 Å². The van der Waals surface area contributed by atoms with Gasteiger partial charge < -0.3 is 5.73 Å². The second-order valence-electron chi connectivity index (χ2n) is 5.41. The highest BCUT2D eigenvalue weighted by molar-refractivity contribution is 5.78. The third-order valence-corrected chi connectivity index (χ3v) is 3.82. The minimum Gasteiger partial charge on any atom is -0.323 e. The Labute approximate surface area is 125 Å². The molecule has 0 fully saturated rings. The third kappa shape index (κ3) is 3.47. The fourth-order valence-corrected chi connectivity index (χ4v) is 2.61. The lowest BCUT2D eigenvalue weighted by Gasteiger charge is -2.12. The Hall–Kier alpha value is -2.19. The number of pyridine rings is 1. The lowest BCUT2D eigenvalue weighted by molar-refractivity contribution is 0.599. The number of aryl methyl sites for hydroxylation is 1. The minimum absolute atomic E-state index is 0.0123. The van der Waals surface area contributed by atoms with E-state index in [0.717, 1.165) is 35.9 Å². The molecule has 1 atom stereocenters. The lowest BCUT2D eigenvalue weighted by atomic mass is 10.0. The first-order chi connectivity index (χ1) is 10.3. The van der Waals surface area contributed by atoms with Gasteiger partial charge in [0.25, 0.3) is 0 Å². The highest BCUT2D eigenvalue weighted by atomic mass is 14.8. The molecule has 0 radical (unpaired) electrons. The van der Waals surface area contributed by atoms with Gasteiger partial charge in [-0.25, -0.2) is 0 Å². The highest BCUT2D eigenvalue weighted by Crippen LogP contribution is 2.19. The summed E-state index contributed by atoms with van der Waals surface area (Å²) in [5, 5.41) is 1.16. The van der Waals surface area contributed by atoms with Gasteiger partial charge in [0, 0.05) is 11.4 Å². The summed E-state index contributed by atoms with van der Waals surface area (Å²) in [6.07, 6.45) is 3.11. The van der Waals surface area contributed by atoms with Crippen LogP contribution in [0.2, 0.25) is 0 Å². The first kappa shape index (κ1) is 13.8. The second-order valence-corrected chi connectivity index (χ2v) is 5.41. The first-order valence-electron chi connectivity index (χ1n) is 7.48. The average Bonchev–Trinajstić information content (AvgIpc) is 2.55. The van der Waals surface area contributed by atoms with E-state index in [-0.39, 0.29) is 6.04 Å². The SMILES string of the molecule is NC(CCCc1ccccc1)c1ccc2ccccc2n1. The van der Waals surface area contributed by atoms with Crippen molar-refractivity contribution in [1.82, 2.24) is 4.98 Å². The van der Waals surface area contributed by atoms with E-state index < -0.39 is 0 Å². The van der Waals surface area contributed by atoms with Crippen molar-refractivity contribution in [3.8, 4) is 0 Å². The summed E-state index contributed by atoms with van der Waals surface area (Å²) in [6.45, 7) is 0. The summed E-state index contributed by atoms with van der Waals surface area (Å²) in [5.74, 6) is 0. The van der Waals surface area contributed by atoms with Gasteiger partial charge in [0.15, 0.2) is 0 Å². The number of para-hydroxylation sites is 1. The van der Waals surface area contributed by atoms with Gasteiger partial charge in [0.1, 0.15) is 0 Å². The first-order valence-corrected chi connectivity index (χ1v) is 7.48. The molecule has 2 N–H and O–H groups in total. The zero-order valence-corrected chi connectivity index (χ0v) is 12.1. The number of benzene rings is 2. The van der Waals surface area contributed by atoms with Crippen molar-refractivity contribution in [2.45, 2.75) is 25.3 Å². The van der Waals surface area contributed by atoms with Gasteiger partial charge in [-0.1, -0.05) is 54.6 Å². The summed E-state index contributed by atoms with van der Waals surface area (Å²) in [6, 6.07) is 22.9. The van der Waals surface area contributed by atoms with Gasteiger partial charge in [-0.15, -0.1) is 0 Å². The van der Waals surface area contributed by atoms with Crippen LogP contribution in [0.3, 0.4) is 0 Å². The van der Waals surface area contributed by atoms with Gasteiger partial charge in [0.05, 0.1) is 11.2 Å². The Morgan fingerprint density at radius 1 is 0.857 bits per heavy atom. The molecule has 106 valence electrons. The van der Waals surface area contributed by atoms with Crippen molar-refractivity contribution in [2.75, 3.05) is 0 Å².